The van der Waals surface area contributed by atoms with Crippen LogP contribution >= 0.6 is 0 Å². The summed E-state index contributed by atoms with van der Waals surface area (Å²) in [6, 6.07) is 0. The molecule has 11 heavy (non-hydrogen) atoms. The van der Waals surface area contributed by atoms with Gasteiger partial charge >= 0.3 is 0 Å². The van der Waals surface area contributed by atoms with Crippen LogP contribution in [-0.4, -0.2) is 13.2 Å². The van der Waals surface area contributed by atoms with E-state index in [1.807, 2.05) is 0 Å². The lowest BCUT2D eigenvalue weighted by Crippen LogP contribution is -2.32. The van der Waals surface area contributed by atoms with E-state index in [0.29, 0.717) is 0 Å². The molecule has 0 unspecified atom stereocenters. The molecule has 2 rings (SSSR count). The van der Waals surface area contributed by atoms with Gasteiger partial charge in [0.1, 0.15) is 0 Å². The lowest BCUT2D eigenvalue weighted by Gasteiger charge is -2.33. The third-order valence-electron chi connectivity index (χ3n) is 3.66. The highest BCUT2D eigenvalue weighted by atomic mass is 16.5. The Morgan fingerprint density at radius 1 is 0.909 bits per heavy atom. The van der Waals surface area contributed by atoms with Crippen molar-refractivity contribution in [1.82, 2.24) is 0 Å². The molecule has 0 N–H and O–H groups in total. The topological polar surface area (TPSA) is 9.23 Å². The zero-order chi connectivity index (χ0) is 7.84. The van der Waals surface area contributed by atoms with Crippen LogP contribution < -0.4 is 0 Å². The van der Waals surface area contributed by atoms with E-state index in [4.69, 9.17) is 4.74 Å². The first-order valence-electron chi connectivity index (χ1n) is 4.87. The second kappa shape index (κ2) is 2.78. The van der Waals surface area contributed by atoms with Gasteiger partial charge in [0, 0.05) is 13.2 Å². The van der Waals surface area contributed by atoms with E-state index in [1.54, 1.807) is 0 Å². The highest BCUT2D eigenvalue weighted by Gasteiger charge is 2.39. The van der Waals surface area contributed by atoms with Crippen LogP contribution in [0.4, 0.5) is 0 Å². The van der Waals surface area contributed by atoms with Crippen molar-refractivity contribution in [3.05, 3.63) is 0 Å². The van der Waals surface area contributed by atoms with Gasteiger partial charge in [-0.15, -0.1) is 0 Å². The van der Waals surface area contributed by atoms with Gasteiger partial charge in [-0.3, -0.25) is 0 Å². The number of hydrogen-bond donors (Lipinski definition) is 0. The summed E-state index contributed by atoms with van der Waals surface area (Å²) in [5.74, 6) is 3.61. The first-order chi connectivity index (χ1) is 5.29. The first-order valence-corrected chi connectivity index (χ1v) is 4.87. The maximum Gasteiger partial charge on any atom is 0.0499 e. The number of fused-ring (bicyclic) bond motifs is 1. The van der Waals surface area contributed by atoms with E-state index in [0.717, 1.165) is 36.9 Å². The SMILES string of the molecule is C[C@@H]1COC[C@H]2[C@H]1CC[C@@H]2C. The van der Waals surface area contributed by atoms with Crippen LogP contribution in [0, 0.1) is 23.7 Å². The van der Waals surface area contributed by atoms with Gasteiger partial charge < -0.3 is 4.74 Å². The van der Waals surface area contributed by atoms with Gasteiger partial charge in [-0.1, -0.05) is 20.3 Å². The molecule has 1 saturated heterocycles. The van der Waals surface area contributed by atoms with Gasteiger partial charge in [0.25, 0.3) is 0 Å². The van der Waals surface area contributed by atoms with E-state index in [2.05, 4.69) is 13.8 Å². The van der Waals surface area contributed by atoms with Crippen molar-refractivity contribution in [1.29, 1.82) is 0 Å². The van der Waals surface area contributed by atoms with Gasteiger partial charge in [0.05, 0.1) is 0 Å². The molecule has 0 bridgehead atoms. The fraction of sp³-hybridized carbons (Fsp3) is 1.00. The van der Waals surface area contributed by atoms with Crippen LogP contribution in [0.5, 0.6) is 0 Å². The summed E-state index contributed by atoms with van der Waals surface area (Å²) in [4.78, 5) is 0. The number of ether oxygens (including phenoxy) is 1. The molecule has 0 spiro atoms. The van der Waals surface area contributed by atoms with Crippen LogP contribution in [0.2, 0.25) is 0 Å². The molecule has 1 saturated carbocycles. The quantitative estimate of drug-likeness (QED) is 0.520. The van der Waals surface area contributed by atoms with E-state index >= 15 is 0 Å². The molecule has 1 aliphatic heterocycles. The minimum absolute atomic E-state index is 0.818. The highest BCUT2D eigenvalue weighted by molar-refractivity contribution is 4.87. The Hall–Kier alpha value is -0.0400. The minimum atomic E-state index is 0.818. The molecule has 2 aliphatic rings. The highest BCUT2D eigenvalue weighted by Crippen LogP contribution is 2.43. The van der Waals surface area contributed by atoms with Gasteiger partial charge in [0.2, 0.25) is 0 Å². The molecule has 1 heterocycles. The van der Waals surface area contributed by atoms with Crippen molar-refractivity contribution < 1.29 is 4.74 Å². The zero-order valence-corrected chi connectivity index (χ0v) is 7.55. The number of hydrogen-bond acceptors (Lipinski definition) is 1. The Kier molecular flexibility index (Phi) is 1.92. The molecule has 64 valence electrons. The second-order valence-corrected chi connectivity index (χ2v) is 4.40. The van der Waals surface area contributed by atoms with Crippen molar-refractivity contribution in [2.75, 3.05) is 13.2 Å². The normalized spacial score (nSPS) is 50.7. The third-order valence-corrected chi connectivity index (χ3v) is 3.66. The van der Waals surface area contributed by atoms with E-state index in [9.17, 15) is 0 Å². The summed E-state index contributed by atoms with van der Waals surface area (Å²) in [6.07, 6.45) is 2.89. The maximum atomic E-state index is 5.57. The van der Waals surface area contributed by atoms with Crippen molar-refractivity contribution in [2.45, 2.75) is 26.7 Å². The van der Waals surface area contributed by atoms with Crippen LogP contribution in [0.3, 0.4) is 0 Å². The monoisotopic (exact) mass is 154 g/mol. The van der Waals surface area contributed by atoms with Gasteiger partial charge in [-0.2, -0.15) is 0 Å². The van der Waals surface area contributed by atoms with E-state index in [-0.39, 0.29) is 0 Å². The largest absolute Gasteiger partial charge is 0.381 e. The third kappa shape index (κ3) is 1.20. The smallest absolute Gasteiger partial charge is 0.0499 e. The van der Waals surface area contributed by atoms with Crippen molar-refractivity contribution in [3.8, 4) is 0 Å². The van der Waals surface area contributed by atoms with Crippen molar-refractivity contribution >= 4 is 0 Å². The first kappa shape index (κ1) is 7.60. The van der Waals surface area contributed by atoms with Gasteiger partial charge in [-0.05, 0) is 30.1 Å². The Labute approximate surface area is 69.1 Å². The average molecular weight is 154 g/mol. The molecule has 0 radical (unpaired) electrons. The summed E-state index contributed by atoms with van der Waals surface area (Å²) in [6.45, 7) is 6.77. The molecule has 2 fully saturated rings. The molecular weight excluding hydrogens is 136 g/mol. The predicted molar refractivity (Wildman–Crippen MR) is 45.4 cm³/mol. The summed E-state index contributed by atoms with van der Waals surface area (Å²) in [5.41, 5.74) is 0. The summed E-state index contributed by atoms with van der Waals surface area (Å²) < 4.78 is 5.57. The molecule has 4 atom stereocenters. The molecule has 1 nitrogen and oxygen atoms in total. The van der Waals surface area contributed by atoms with Crippen LogP contribution in [0.15, 0.2) is 0 Å². The molecule has 0 aromatic carbocycles. The van der Waals surface area contributed by atoms with Crippen LogP contribution in [-0.2, 0) is 4.74 Å². The molecule has 0 aromatic rings. The average Bonchev–Trinajstić information content (AvgIpc) is 2.35. The second-order valence-electron chi connectivity index (χ2n) is 4.40. The Bertz CT molecular complexity index is 142. The Morgan fingerprint density at radius 3 is 2.45 bits per heavy atom. The maximum absolute atomic E-state index is 5.57. The van der Waals surface area contributed by atoms with Crippen molar-refractivity contribution in [3.63, 3.8) is 0 Å². The summed E-state index contributed by atoms with van der Waals surface area (Å²) in [5, 5.41) is 0. The van der Waals surface area contributed by atoms with Gasteiger partial charge in [-0.25, -0.2) is 0 Å². The fourth-order valence-corrected chi connectivity index (χ4v) is 2.81. The van der Waals surface area contributed by atoms with Crippen LogP contribution in [0.25, 0.3) is 0 Å². The molecular formula is C10H18O. The summed E-state index contributed by atoms with van der Waals surface area (Å²) >= 11 is 0. The predicted octanol–water partition coefficient (Wildman–Crippen LogP) is 2.32. The summed E-state index contributed by atoms with van der Waals surface area (Å²) in [7, 11) is 0. The standard InChI is InChI=1S/C10H18O/c1-7-3-4-9-8(2)5-11-6-10(7)9/h7-10H,3-6H2,1-2H3/t7-,8+,9-,10+/m0/s1. The van der Waals surface area contributed by atoms with Crippen molar-refractivity contribution in [2.24, 2.45) is 23.7 Å². The molecule has 0 amide bonds. The van der Waals surface area contributed by atoms with E-state index in [1.165, 1.54) is 12.8 Å². The van der Waals surface area contributed by atoms with Gasteiger partial charge in [0.15, 0.2) is 0 Å². The zero-order valence-electron chi connectivity index (χ0n) is 7.55. The lowest BCUT2D eigenvalue weighted by atomic mass is 9.81. The molecule has 0 aromatic heterocycles. The van der Waals surface area contributed by atoms with E-state index < -0.39 is 0 Å². The van der Waals surface area contributed by atoms with Crippen LogP contribution in [0.1, 0.15) is 26.7 Å². The number of rotatable bonds is 0. The Morgan fingerprint density at radius 2 is 1.73 bits per heavy atom. The minimum Gasteiger partial charge on any atom is -0.381 e. The molecule has 1 heteroatoms. The molecule has 1 aliphatic carbocycles. The lowest BCUT2D eigenvalue weighted by molar-refractivity contribution is -0.0200. The fourth-order valence-electron chi connectivity index (χ4n) is 2.81. The Balaban J connectivity index is 2.07.